The average molecular weight is 657 g/mol. The third-order valence-electron chi connectivity index (χ3n) is 12.7. The molecule has 1 aliphatic carbocycles. The van der Waals surface area contributed by atoms with Crippen LogP contribution in [0, 0.1) is 55.4 Å². The maximum absolute atomic E-state index is 2.51. The molecule has 0 saturated heterocycles. The first kappa shape index (κ1) is 31.5. The van der Waals surface area contributed by atoms with Crippen LogP contribution >= 0.6 is 0 Å². The quantitative estimate of drug-likeness (QED) is 0.166. The summed E-state index contributed by atoms with van der Waals surface area (Å²) >= 11 is 0. The lowest BCUT2D eigenvalue weighted by molar-refractivity contribution is 1.24. The summed E-state index contributed by atoms with van der Waals surface area (Å²) in [5.41, 5.74) is 24.5. The van der Waals surface area contributed by atoms with Gasteiger partial charge in [-0.3, -0.25) is 0 Å². The average Bonchev–Trinajstić information content (AvgIpc) is 3.54. The zero-order valence-electron chi connectivity index (χ0n) is 31.1. The van der Waals surface area contributed by atoms with Crippen molar-refractivity contribution in [2.45, 2.75) is 61.8 Å². The minimum absolute atomic E-state index is 1.00. The molecule has 0 amide bonds. The van der Waals surface area contributed by atoms with Crippen molar-refractivity contribution in [3.8, 4) is 44.5 Å². The van der Waals surface area contributed by atoms with Gasteiger partial charge in [-0.15, -0.1) is 0 Å². The fourth-order valence-electron chi connectivity index (χ4n) is 9.28. The Balaban J connectivity index is 1.54. The van der Waals surface area contributed by atoms with Crippen LogP contribution in [0.25, 0.3) is 76.8 Å². The third kappa shape index (κ3) is 4.52. The van der Waals surface area contributed by atoms with E-state index in [0.717, 1.165) is 6.42 Å². The zero-order valence-corrected chi connectivity index (χ0v) is 31.1. The van der Waals surface area contributed by atoms with E-state index in [1.54, 1.807) is 0 Å². The molecule has 1 aliphatic rings. The highest BCUT2D eigenvalue weighted by Gasteiger charge is 2.28. The van der Waals surface area contributed by atoms with Crippen molar-refractivity contribution in [3.63, 3.8) is 0 Å². The molecule has 0 nitrogen and oxygen atoms in total. The van der Waals surface area contributed by atoms with Crippen LogP contribution in [0.1, 0.15) is 55.6 Å². The van der Waals surface area contributed by atoms with Crippen LogP contribution in [0.4, 0.5) is 0 Å². The van der Waals surface area contributed by atoms with Gasteiger partial charge in [-0.2, -0.15) is 0 Å². The molecule has 0 aliphatic heterocycles. The van der Waals surface area contributed by atoms with E-state index in [0.29, 0.717) is 0 Å². The molecule has 8 aromatic carbocycles. The predicted octanol–water partition coefficient (Wildman–Crippen LogP) is 14.2. The molecule has 0 heteroatoms. The lowest BCUT2D eigenvalue weighted by atomic mass is 9.75. The molecule has 8 aromatic rings. The minimum atomic E-state index is 1.00. The Kier molecular flexibility index (Phi) is 7.13. The van der Waals surface area contributed by atoms with Crippen molar-refractivity contribution in [2.75, 3.05) is 0 Å². The van der Waals surface area contributed by atoms with Crippen LogP contribution in [0.15, 0.2) is 109 Å². The van der Waals surface area contributed by atoms with Crippen LogP contribution in [0.5, 0.6) is 0 Å². The summed E-state index contributed by atoms with van der Waals surface area (Å²) in [6.07, 6.45) is 1.00. The first-order valence-corrected chi connectivity index (χ1v) is 18.4. The molecule has 0 unspecified atom stereocenters. The molecule has 9 rings (SSSR count). The Labute approximate surface area is 302 Å². The highest BCUT2D eigenvalue weighted by atomic mass is 14.3. The van der Waals surface area contributed by atoms with E-state index in [9.17, 15) is 0 Å². The van der Waals surface area contributed by atoms with E-state index < -0.39 is 0 Å². The first-order valence-electron chi connectivity index (χ1n) is 18.4. The smallest absolute Gasteiger partial charge is 0.00134 e. The van der Waals surface area contributed by atoms with Crippen LogP contribution in [-0.2, 0) is 6.42 Å². The van der Waals surface area contributed by atoms with Crippen molar-refractivity contribution in [2.24, 2.45) is 0 Å². The van der Waals surface area contributed by atoms with E-state index >= 15 is 0 Å². The standard InChI is InChI=1S/C51H44/c1-28-30(3)34(7)48-46(32(28)5)50(40-23-22-39-24-37-18-12-14-20-42(37)44(39)26-40)47-33(6)29(2)31(4)35(8)49(47)51(48)45-27-41(36-16-10-9-11-17-36)25-38-19-13-15-21-43(38)45/h9-23,25-27H,24H2,1-8H3. The van der Waals surface area contributed by atoms with Gasteiger partial charge in [0.2, 0.25) is 0 Å². The Morgan fingerprint density at radius 1 is 0.333 bits per heavy atom. The van der Waals surface area contributed by atoms with Crippen molar-refractivity contribution < 1.29 is 0 Å². The number of aryl methyl sites for hydroxylation is 4. The number of hydrogen-bond donors (Lipinski definition) is 0. The van der Waals surface area contributed by atoms with Gasteiger partial charge in [0, 0.05) is 0 Å². The van der Waals surface area contributed by atoms with Crippen LogP contribution in [-0.4, -0.2) is 0 Å². The van der Waals surface area contributed by atoms with Crippen molar-refractivity contribution >= 4 is 32.3 Å². The summed E-state index contributed by atoms with van der Waals surface area (Å²) in [5.74, 6) is 0. The molecule has 248 valence electrons. The second kappa shape index (κ2) is 11.5. The summed E-state index contributed by atoms with van der Waals surface area (Å²) in [7, 11) is 0. The lowest BCUT2D eigenvalue weighted by Crippen LogP contribution is -2.04. The van der Waals surface area contributed by atoms with E-state index in [1.807, 2.05) is 0 Å². The van der Waals surface area contributed by atoms with Crippen LogP contribution in [0.2, 0.25) is 0 Å². The van der Waals surface area contributed by atoms with Crippen LogP contribution < -0.4 is 0 Å². The molecule has 0 spiro atoms. The monoisotopic (exact) mass is 656 g/mol. The number of hydrogen-bond acceptors (Lipinski definition) is 0. The molecule has 0 fully saturated rings. The SMILES string of the molecule is Cc1c(C)c(C)c2c(-c3cc(-c4ccccc4)cc4ccccc34)c3c(C)c(C)c(C)c(C)c3c(-c3ccc4c(c3)-c3ccccc3C4)c2c1C. The molecule has 0 saturated carbocycles. The molecule has 0 aromatic heterocycles. The Hall–Kier alpha value is -5.46. The summed E-state index contributed by atoms with van der Waals surface area (Å²) in [6, 6.07) is 41.0. The molecule has 0 heterocycles. The maximum Gasteiger partial charge on any atom is -0.00134 e. The molecule has 0 atom stereocenters. The van der Waals surface area contributed by atoms with Gasteiger partial charge in [0.1, 0.15) is 0 Å². The van der Waals surface area contributed by atoms with Gasteiger partial charge < -0.3 is 0 Å². The van der Waals surface area contributed by atoms with E-state index in [4.69, 9.17) is 0 Å². The summed E-state index contributed by atoms with van der Waals surface area (Å²) < 4.78 is 0. The molecule has 51 heavy (non-hydrogen) atoms. The Morgan fingerprint density at radius 2 is 0.843 bits per heavy atom. The normalized spacial score (nSPS) is 12.2. The van der Waals surface area contributed by atoms with E-state index in [-0.39, 0.29) is 0 Å². The van der Waals surface area contributed by atoms with Crippen molar-refractivity contribution in [3.05, 3.63) is 165 Å². The molecule has 0 N–H and O–H groups in total. The molecular weight excluding hydrogens is 613 g/mol. The number of benzene rings is 8. The molecular formula is C51H44. The van der Waals surface area contributed by atoms with Gasteiger partial charge >= 0.3 is 0 Å². The van der Waals surface area contributed by atoms with Gasteiger partial charge in [0.25, 0.3) is 0 Å². The molecule has 0 bridgehead atoms. The van der Waals surface area contributed by atoms with Gasteiger partial charge in [-0.1, -0.05) is 91.0 Å². The number of fused-ring (bicyclic) bond motifs is 6. The largest absolute Gasteiger partial charge is 0.0622 e. The Bertz CT molecular complexity index is 2690. The number of rotatable bonds is 3. The second-order valence-electron chi connectivity index (χ2n) is 15.1. The lowest BCUT2D eigenvalue weighted by Gasteiger charge is -2.28. The van der Waals surface area contributed by atoms with Crippen LogP contribution in [0.3, 0.4) is 0 Å². The summed E-state index contributed by atoms with van der Waals surface area (Å²) in [6.45, 7) is 18.8. The van der Waals surface area contributed by atoms with Crippen molar-refractivity contribution in [1.82, 2.24) is 0 Å². The topological polar surface area (TPSA) is 0 Å². The maximum atomic E-state index is 2.51. The predicted molar refractivity (Wildman–Crippen MR) is 221 cm³/mol. The summed E-state index contributed by atoms with van der Waals surface area (Å²) in [4.78, 5) is 0. The Morgan fingerprint density at radius 3 is 1.49 bits per heavy atom. The second-order valence-corrected chi connectivity index (χ2v) is 15.1. The fourth-order valence-corrected chi connectivity index (χ4v) is 9.28. The first-order chi connectivity index (χ1) is 24.7. The zero-order chi connectivity index (χ0) is 35.3. The van der Waals surface area contributed by atoms with Gasteiger partial charge in [0.15, 0.2) is 0 Å². The minimum Gasteiger partial charge on any atom is -0.0622 e. The molecule has 0 radical (unpaired) electrons. The fraction of sp³-hybridized carbons (Fsp3) is 0.176. The van der Waals surface area contributed by atoms with Crippen molar-refractivity contribution in [1.29, 1.82) is 0 Å². The van der Waals surface area contributed by atoms with Gasteiger partial charge in [-0.25, -0.2) is 0 Å². The third-order valence-corrected chi connectivity index (χ3v) is 12.7. The van der Waals surface area contributed by atoms with Gasteiger partial charge in [0.05, 0.1) is 0 Å². The highest BCUT2D eigenvalue weighted by Crippen LogP contribution is 2.53. The van der Waals surface area contributed by atoms with E-state index in [1.165, 1.54) is 132 Å². The summed E-state index contributed by atoms with van der Waals surface area (Å²) in [5, 5.41) is 8.13. The highest BCUT2D eigenvalue weighted by molar-refractivity contribution is 6.27. The van der Waals surface area contributed by atoms with Gasteiger partial charge in [-0.05, 0) is 212 Å². The van der Waals surface area contributed by atoms with E-state index in [2.05, 4.69) is 165 Å².